The van der Waals surface area contributed by atoms with Gasteiger partial charge in [-0.2, -0.15) is 0 Å². The summed E-state index contributed by atoms with van der Waals surface area (Å²) in [6.07, 6.45) is 5.19. The maximum Gasteiger partial charge on any atom is 0.276 e. The topological polar surface area (TPSA) is 46.3 Å². The SMILES string of the molecule is CC(C)(C)[C@@H]1CCc2onc(C(=O)N3CCCC3)c2C1. The Balaban J connectivity index is 1.85. The number of nitrogens with zero attached hydrogens (tertiary/aromatic N) is 2. The predicted molar refractivity (Wildman–Crippen MR) is 76.6 cm³/mol. The molecule has 0 N–H and O–H groups in total. The quantitative estimate of drug-likeness (QED) is 0.792. The van der Waals surface area contributed by atoms with Crippen LogP contribution in [0.15, 0.2) is 4.52 Å². The first-order chi connectivity index (χ1) is 9.47. The van der Waals surface area contributed by atoms with Gasteiger partial charge in [0.2, 0.25) is 0 Å². The average molecular weight is 276 g/mol. The zero-order chi connectivity index (χ0) is 14.3. The van der Waals surface area contributed by atoms with Crippen molar-refractivity contribution in [1.82, 2.24) is 10.1 Å². The Kier molecular flexibility index (Phi) is 3.35. The van der Waals surface area contributed by atoms with Gasteiger partial charge in [0.05, 0.1) is 0 Å². The number of amides is 1. The minimum atomic E-state index is 0.0714. The van der Waals surface area contributed by atoms with Gasteiger partial charge in [-0.05, 0) is 37.0 Å². The molecule has 0 spiro atoms. The standard InChI is InChI=1S/C16H24N2O2/c1-16(2,3)11-6-7-13-12(10-11)14(17-20-13)15(19)18-8-4-5-9-18/h11H,4-10H2,1-3H3/t11-/m1/s1. The van der Waals surface area contributed by atoms with E-state index in [2.05, 4.69) is 25.9 Å². The number of rotatable bonds is 1. The van der Waals surface area contributed by atoms with Gasteiger partial charge >= 0.3 is 0 Å². The lowest BCUT2D eigenvalue weighted by molar-refractivity contribution is 0.0781. The molecule has 0 bridgehead atoms. The van der Waals surface area contributed by atoms with Crippen LogP contribution in [0.5, 0.6) is 0 Å². The Hall–Kier alpha value is -1.32. The van der Waals surface area contributed by atoms with Crippen molar-refractivity contribution < 1.29 is 9.32 Å². The van der Waals surface area contributed by atoms with Crippen LogP contribution in [0, 0.1) is 11.3 Å². The van der Waals surface area contributed by atoms with Crippen LogP contribution < -0.4 is 0 Å². The summed E-state index contributed by atoms with van der Waals surface area (Å²) in [4.78, 5) is 14.5. The highest BCUT2D eigenvalue weighted by Crippen LogP contribution is 2.38. The Bertz CT molecular complexity index is 507. The Morgan fingerprint density at radius 3 is 2.65 bits per heavy atom. The van der Waals surface area contributed by atoms with Crippen molar-refractivity contribution >= 4 is 5.91 Å². The van der Waals surface area contributed by atoms with Gasteiger partial charge in [-0.3, -0.25) is 4.79 Å². The number of carbonyl (C=O) groups excluding carboxylic acids is 1. The van der Waals surface area contributed by atoms with Crippen molar-refractivity contribution in [3.8, 4) is 0 Å². The number of hydrogen-bond donors (Lipinski definition) is 0. The molecule has 1 aliphatic heterocycles. The van der Waals surface area contributed by atoms with Crippen LogP contribution in [0.1, 0.15) is 61.8 Å². The fourth-order valence-corrected chi connectivity index (χ4v) is 3.38. The van der Waals surface area contributed by atoms with Gasteiger partial charge in [-0.15, -0.1) is 0 Å². The Labute approximate surface area is 120 Å². The van der Waals surface area contributed by atoms with Crippen molar-refractivity contribution in [2.24, 2.45) is 11.3 Å². The number of likely N-dealkylation sites (tertiary alicyclic amines) is 1. The monoisotopic (exact) mass is 276 g/mol. The third-order valence-corrected chi connectivity index (χ3v) is 4.86. The van der Waals surface area contributed by atoms with E-state index in [0.29, 0.717) is 11.6 Å². The van der Waals surface area contributed by atoms with Crippen molar-refractivity contribution in [3.05, 3.63) is 17.0 Å². The van der Waals surface area contributed by atoms with Crippen LogP contribution in [0.3, 0.4) is 0 Å². The highest BCUT2D eigenvalue weighted by Gasteiger charge is 2.35. The van der Waals surface area contributed by atoms with Gasteiger partial charge in [0.25, 0.3) is 5.91 Å². The summed E-state index contributed by atoms with van der Waals surface area (Å²) in [6.45, 7) is 8.56. The second-order valence-electron chi connectivity index (χ2n) is 7.24. The van der Waals surface area contributed by atoms with E-state index < -0.39 is 0 Å². The third kappa shape index (κ3) is 2.36. The van der Waals surface area contributed by atoms with Crippen molar-refractivity contribution in [1.29, 1.82) is 0 Å². The minimum absolute atomic E-state index is 0.0714. The first-order valence-electron chi connectivity index (χ1n) is 7.73. The van der Waals surface area contributed by atoms with E-state index in [1.54, 1.807) is 0 Å². The summed E-state index contributed by atoms with van der Waals surface area (Å²) in [7, 11) is 0. The molecule has 0 saturated carbocycles. The number of fused-ring (bicyclic) bond motifs is 1. The summed E-state index contributed by atoms with van der Waals surface area (Å²) in [5.74, 6) is 1.61. The summed E-state index contributed by atoms with van der Waals surface area (Å²) in [5.41, 5.74) is 1.92. The van der Waals surface area contributed by atoms with Crippen LogP contribution >= 0.6 is 0 Å². The first kappa shape index (κ1) is 13.7. The van der Waals surface area contributed by atoms with E-state index in [1.165, 1.54) is 0 Å². The second kappa shape index (κ2) is 4.90. The number of aryl methyl sites for hydroxylation is 1. The highest BCUT2D eigenvalue weighted by atomic mass is 16.5. The number of carbonyl (C=O) groups is 1. The molecule has 0 aromatic carbocycles. The predicted octanol–water partition coefficient (Wildman–Crippen LogP) is 3.06. The van der Waals surface area contributed by atoms with Gasteiger partial charge in [0, 0.05) is 25.1 Å². The molecular weight excluding hydrogens is 252 g/mol. The highest BCUT2D eigenvalue weighted by molar-refractivity contribution is 5.94. The molecule has 0 unspecified atom stereocenters. The van der Waals surface area contributed by atoms with Gasteiger partial charge in [0.15, 0.2) is 5.69 Å². The lowest BCUT2D eigenvalue weighted by atomic mass is 9.71. The van der Waals surface area contributed by atoms with Crippen LogP contribution in [0.2, 0.25) is 0 Å². The van der Waals surface area contributed by atoms with Gasteiger partial charge in [0.1, 0.15) is 5.76 Å². The van der Waals surface area contributed by atoms with E-state index in [0.717, 1.165) is 56.5 Å². The van der Waals surface area contributed by atoms with Crippen molar-refractivity contribution in [2.45, 2.75) is 52.9 Å². The molecule has 1 amide bonds. The normalized spacial score (nSPS) is 22.9. The van der Waals surface area contributed by atoms with Crippen LogP contribution in [-0.4, -0.2) is 29.1 Å². The van der Waals surface area contributed by atoms with Crippen LogP contribution in [-0.2, 0) is 12.8 Å². The molecule has 1 fully saturated rings. The van der Waals surface area contributed by atoms with E-state index in [9.17, 15) is 4.79 Å². The molecule has 1 aromatic heterocycles. The molecule has 0 radical (unpaired) electrons. The molecule has 2 aliphatic rings. The fraction of sp³-hybridized carbons (Fsp3) is 0.750. The third-order valence-electron chi connectivity index (χ3n) is 4.86. The van der Waals surface area contributed by atoms with E-state index >= 15 is 0 Å². The molecule has 4 heteroatoms. The number of hydrogen-bond acceptors (Lipinski definition) is 3. The largest absolute Gasteiger partial charge is 0.360 e. The Morgan fingerprint density at radius 1 is 1.30 bits per heavy atom. The summed E-state index contributed by atoms with van der Waals surface area (Å²) < 4.78 is 5.43. The van der Waals surface area contributed by atoms with Crippen LogP contribution in [0.4, 0.5) is 0 Å². The van der Waals surface area contributed by atoms with E-state index in [1.807, 2.05) is 4.90 Å². The maximum atomic E-state index is 12.5. The molecule has 1 saturated heterocycles. The molecular formula is C16H24N2O2. The summed E-state index contributed by atoms with van der Waals surface area (Å²) >= 11 is 0. The average Bonchev–Trinajstić information content (AvgIpc) is 3.06. The smallest absolute Gasteiger partial charge is 0.276 e. The Morgan fingerprint density at radius 2 is 2.00 bits per heavy atom. The number of aromatic nitrogens is 1. The molecule has 1 aromatic rings. The molecule has 1 atom stereocenters. The lowest BCUT2D eigenvalue weighted by Crippen LogP contribution is -2.31. The van der Waals surface area contributed by atoms with Gasteiger partial charge < -0.3 is 9.42 Å². The minimum Gasteiger partial charge on any atom is -0.360 e. The van der Waals surface area contributed by atoms with Gasteiger partial charge in [-0.25, -0.2) is 0 Å². The zero-order valence-corrected chi connectivity index (χ0v) is 12.7. The molecule has 1 aliphatic carbocycles. The maximum absolute atomic E-state index is 12.5. The fourth-order valence-electron chi connectivity index (χ4n) is 3.38. The molecule has 2 heterocycles. The molecule has 20 heavy (non-hydrogen) atoms. The lowest BCUT2D eigenvalue weighted by Gasteiger charge is -2.33. The zero-order valence-electron chi connectivity index (χ0n) is 12.7. The molecule has 110 valence electrons. The van der Waals surface area contributed by atoms with Crippen molar-refractivity contribution in [2.75, 3.05) is 13.1 Å². The van der Waals surface area contributed by atoms with Crippen molar-refractivity contribution in [3.63, 3.8) is 0 Å². The van der Waals surface area contributed by atoms with Crippen LogP contribution in [0.25, 0.3) is 0 Å². The second-order valence-corrected chi connectivity index (χ2v) is 7.24. The molecule has 4 nitrogen and oxygen atoms in total. The molecule has 3 rings (SSSR count). The summed E-state index contributed by atoms with van der Waals surface area (Å²) in [6, 6.07) is 0. The summed E-state index contributed by atoms with van der Waals surface area (Å²) in [5, 5.41) is 4.09. The van der Waals surface area contributed by atoms with E-state index in [4.69, 9.17) is 4.52 Å². The first-order valence-corrected chi connectivity index (χ1v) is 7.73. The van der Waals surface area contributed by atoms with Gasteiger partial charge in [-0.1, -0.05) is 25.9 Å². The van der Waals surface area contributed by atoms with E-state index in [-0.39, 0.29) is 11.3 Å².